The van der Waals surface area contributed by atoms with Gasteiger partial charge in [0.25, 0.3) is 17.7 Å². The maximum absolute atomic E-state index is 12.5. The summed E-state index contributed by atoms with van der Waals surface area (Å²) in [5, 5.41) is 11.6. The van der Waals surface area contributed by atoms with E-state index in [1.54, 1.807) is 36.4 Å². The van der Waals surface area contributed by atoms with Crippen LogP contribution in [-0.2, 0) is 16.1 Å². The number of hydrogen-bond donors (Lipinski definition) is 2. The van der Waals surface area contributed by atoms with Crippen molar-refractivity contribution in [2.24, 2.45) is 0 Å². The number of nitrogens with one attached hydrogen (secondary N) is 1. The van der Waals surface area contributed by atoms with Gasteiger partial charge in [0.2, 0.25) is 0 Å². The second-order valence-electron chi connectivity index (χ2n) is 6.17. The van der Waals surface area contributed by atoms with E-state index in [2.05, 4.69) is 10.1 Å². The number of rotatable bonds is 6. The maximum atomic E-state index is 12.5. The number of carbonyl (C=O) groups is 4. The van der Waals surface area contributed by atoms with Gasteiger partial charge in [-0.2, -0.15) is 0 Å². The van der Waals surface area contributed by atoms with Gasteiger partial charge in [-0.3, -0.25) is 19.3 Å². The molecule has 3 amide bonds. The molecule has 8 heteroatoms. The number of benzene rings is 2. The average molecular weight is 382 g/mol. The van der Waals surface area contributed by atoms with Crippen molar-refractivity contribution < 1.29 is 29.0 Å². The first-order chi connectivity index (χ1) is 13.5. The maximum Gasteiger partial charge on any atom is 0.330 e. The minimum Gasteiger partial charge on any atom is -0.467 e. The Hall–Kier alpha value is -3.52. The number of aliphatic hydroxyl groups is 1. The highest BCUT2D eigenvalue weighted by molar-refractivity contribution is 6.21. The van der Waals surface area contributed by atoms with Crippen molar-refractivity contribution in [1.29, 1.82) is 0 Å². The summed E-state index contributed by atoms with van der Waals surface area (Å²) in [6, 6.07) is 11.7. The van der Waals surface area contributed by atoms with E-state index in [4.69, 9.17) is 0 Å². The SMILES string of the molecule is COC(=O)[C@H](CO)NC(=O)c1cccc(CN2C(=O)c3ccccc3C2=O)c1. The number of amides is 3. The fourth-order valence-electron chi connectivity index (χ4n) is 2.94. The Morgan fingerprint density at radius 2 is 1.71 bits per heavy atom. The summed E-state index contributed by atoms with van der Waals surface area (Å²) in [7, 11) is 1.15. The largest absolute Gasteiger partial charge is 0.467 e. The van der Waals surface area contributed by atoms with E-state index in [1.807, 2.05) is 0 Å². The van der Waals surface area contributed by atoms with E-state index in [-0.39, 0.29) is 23.9 Å². The molecular formula is C20H18N2O6. The monoisotopic (exact) mass is 382 g/mol. The fraction of sp³-hybridized carbons (Fsp3) is 0.200. The molecule has 0 bridgehead atoms. The first-order valence-electron chi connectivity index (χ1n) is 8.50. The molecular weight excluding hydrogens is 364 g/mol. The van der Waals surface area contributed by atoms with Crippen molar-refractivity contribution in [2.45, 2.75) is 12.6 Å². The smallest absolute Gasteiger partial charge is 0.330 e. The summed E-state index contributed by atoms with van der Waals surface area (Å²) in [6.07, 6.45) is 0. The molecule has 2 aromatic rings. The van der Waals surface area contributed by atoms with E-state index < -0.39 is 24.5 Å². The van der Waals surface area contributed by atoms with Crippen molar-refractivity contribution in [3.8, 4) is 0 Å². The first kappa shape index (κ1) is 19.2. The molecule has 0 unspecified atom stereocenters. The number of ether oxygens (including phenoxy) is 1. The van der Waals surface area contributed by atoms with Crippen molar-refractivity contribution in [3.63, 3.8) is 0 Å². The minimum absolute atomic E-state index is 0.00783. The number of nitrogens with zero attached hydrogens (tertiary/aromatic N) is 1. The van der Waals surface area contributed by atoms with Crippen molar-refractivity contribution >= 4 is 23.7 Å². The van der Waals surface area contributed by atoms with Gasteiger partial charge in [0, 0.05) is 5.56 Å². The molecule has 0 spiro atoms. The van der Waals surface area contributed by atoms with Gasteiger partial charge in [-0.05, 0) is 29.8 Å². The Morgan fingerprint density at radius 1 is 1.07 bits per heavy atom. The molecule has 0 fully saturated rings. The number of esters is 1. The van der Waals surface area contributed by atoms with E-state index >= 15 is 0 Å². The van der Waals surface area contributed by atoms with E-state index in [1.165, 1.54) is 12.1 Å². The second-order valence-corrected chi connectivity index (χ2v) is 6.17. The van der Waals surface area contributed by atoms with Crippen LogP contribution in [0.15, 0.2) is 48.5 Å². The van der Waals surface area contributed by atoms with Crippen LogP contribution in [0.25, 0.3) is 0 Å². The van der Waals surface area contributed by atoms with Crippen LogP contribution in [0.2, 0.25) is 0 Å². The van der Waals surface area contributed by atoms with Gasteiger partial charge in [0.15, 0.2) is 6.04 Å². The molecule has 2 aromatic carbocycles. The average Bonchev–Trinajstić information content (AvgIpc) is 2.96. The molecule has 3 rings (SSSR count). The van der Waals surface area contributed by atoms with Crippen LogP contribution in [0.4, 0.5) is 0 Å². The zero-order valence-corrected chi connectivity index (χ0v) is 15.0. The molecule has 0 saturated carbocycles. The number of methoxy groups -OCH3 is 1. The normalized spacial score (nSPS) is 13.9. The van der Waals surface area contributed by atoms with Crippen molar-refractivity contribution in [2.75, 3.05) is 13.7 Å². The van der Waals surface area contributed by atoms with Crippen LogP contribution in [0.5, 0.6) is 0 Å². The van der Waals surface area contributed by atoms with Crippen LogP contribution in [0.3, 0.4) is 0 Å². The zero-order valence-electron chi connectivity index (χ0n) is 15.0. The van der Waals surface area contributed by atoms with Gasteiger partial charge in [-0.1, -0.05) is 24.3 Å². The van der Waals surface area contributed by atoms with Crippen LogP contribution in [0.1, 0.15) is 36.6 Å². The Labute approximate surface area is 160 Å². The van der Waals surface area contributed by atoms with Crippen LogP contribution in [-0.4, -0.2) is 53.5 Å². The molecule has 28 heavy (non-hydrogen) atoms. The molecule has 0 aromatic heterocycles. The van der Waals surface area contributed by atoms with Gasteiger partial charge in [-0.25, -0.2) is 4.79 Å². The number of aliphatic hydroxyl groups excluding tert-OH is 1. The summed E-state index contributed by atoms with van der Waals surface area (Å²) in [5.41, 5.74) is 1.49. The Kier molecular flexibility index (Phi) is 5.51. The number of imide groups is 1. The van der Waals surface area contributed by atoms with Gasteiger partial charge < -0.3 is 15.2 Å². The lowest BCUT2D eigenvalue weighted by Gasteiger charge is -2.16. The standard InChI is InChI=1S/C20H18N2O6/c1-28-20(27)16(11-23)21-17(24)13-6-4-5-12(9-13)10-22-18(25)14-7-2-3-8-15(14)19(22)26/h2-9,16,23H,10-11H2,1H3,(H,21,24)/t16-/m0/s1. The summed E-state index contributed by atoms with van der Waals surface area (Å²) in [5.74, 6) is -2.13. The highest BCUT2D eigenvalue weighted by Gasteiger charge is 2.35. The van der Waals surface area contributed by atoms with Crippen molar-refractivity contribution in [1.82, 2.24) is 10.2 Å². The van der Waals surface area contributed by atoms with Crippen LogP contribution >= 0.6 is 0 Å². The molecule has 1 atom stereocenters. The molecule has 1 heterocycles. The molecule has 1 aliphatic rings. The third-order valence-corrected chi connectivity index (χ3v) is 4.38. The number of carbonyl (C=O) groups excluding carboxylic acids is 4. The Bertz CT molecular complexity index is 920. The van der Waals surface area contributed by atoms with Crippen LogP contribution in [0, 0.1) is 0 Å². The van der Waals surface area contributed by atoms with Gasteiger partial charge >= 0.3 is 5.97 Å². The third-order valence-electron chi connectivity index (χ3n) is 4.38. The number of fused-ring (bicyclic) bond motifs is 1. The lowest BCUT2D eigenvalue weighted by Crippen LogP contribution is -2.44. The predicted molar refractivity (Wildman–Crippen MR) is 97.4 cm³/mol. The van der Waals surface area contributed by atoms with Gasteiger partial charge in [0.1, 0.15) is 0 Å². The van der Waals surface area contributed by atoms with Crippen molar-refractivity contribution in [3.05, 3.63) is 70.8 Å². The van der Waals surface area contributed by atoms with Crippen LogP contribution < -0.4 is 5.32 Å². The lowest BCUT2D eigenvalue weighted by atomic mass is 10.1. The molecule has 0 saturated heterocycles. The molecule has 144 valence electrons. The van der Waals surface area contributed by atoms with Gasteiger partial charge in [-0.15, -0.1) is 0 Å². The van der Waals surface area contributed by atoms with E-state index in [0.717, 1.165) is 12.0 Å². The summed E-state index contributed by atoms with van der Waals surface area (Å²) >= 11 is 0. The number of hydrogen-bond acceptors (Lipinski definition) is 6. The third kappa shape index (κ3) is 3.63. The fourth-order valence-corrected chi connectivity index (χ4v) is 2.94. The lowest BCUT2D eigenvalue weighted by molar-refractivity contribution is -0.143. The predicted octanol–water partition coefficient (Wildman–Crippen LogP) is 0.746. The highest BCUT2D eigenvalue weighted by Crippen LogP contribution is 2.24. The summed E-state index contributed by atoms with van der Waals surface area (Å²) in [6.45, 7) is -0.596. The topological polar surface area (TPSA) is 113 Å². The highest BCUT2D eigenvalue weighted by atomic mass is 16.5. The quantitative estimate of drug-likeness (QED) is 0.563. The Balaban J connectivity index is 1.76. The van der Waals surface area contributed by atoms with E-state index in [9.17, 15) is 24.3 Å². The molecule has 1 aliphatic heterocycles. The molecule has 2 N–H and O–H groups in total. The van der Waals surface area contributed by atoms with E-state index in [0.29, 0.717) is 16.7 Å². The minimum atomic E-state index is -1.18. The molecule has 0 radical (unpaired) electrons. The first-order valence-corrected chi connectivity index (χ1v) is 8.50. The summed E-state index contributed by atoms with van der Waals surface area (Å²) in [4.78, 5) is 49.9. The molecule has 0 aliphatic carbocycles. The summed E-state index contributed by atoms with van der Waals surface area (Å²) < 4.78 is 4.51. The molecule has 8 nitrogen and oxygen atoms in total. The zero-order chi connectivity index (χ0) is 20.3. The Morgan fingerprint density at radius 3 is 2.29 bits per heavy atom. The van der Waals surface area contributed by atoms with Gasteiger partial charge in [0.05, 0.1) is 31.4 Å². The second kappa shape index (κ2) is 8.01.